The van der Waals surface area contributed by atoms with Crippen LogP contribution in [0.25, 0.3) is 0 Å². The molecular formula is C19H18N2O2S. The summed E-state index contributed by atoms with van der Waals surface area (Å²) in [4.78, 5) is 24.5. The molecule has 24 heavy (non-hydrogen) atoms. The van der Waals surface area contributed by atoms with Gasteiger partial charge >= 0.3 is 0 Å². The van der Waals surface area contributed by atoms with E-state index in [0.29, 0.717) is 6.42 Å². The summed E-state index contributed by atoms with van der Waals surface area (Å²) in [5.74, 6) is -0.746. The SMILES string of the molecule is CC(=O)N(/N=C1\CC(c2ccccc2)Sc2ccccc21)C(C)=O. The lowest BCUT2D eigenvalue weighted by molar-refractivity contribution is -0.142. The minimum Gasteiger partial charge on any atom is -0.273 e. The number of hydrazone groups is 1. The predicted molar refractivity (Wildman–Crippen MR) is 95.8 cm³/mol. The second-order valence-corrected chi connectivity index (χ2v) is 6.86. The Hall–Kier alpha value is -2.40. The molecule has 0 aliphatic carbocycles. The van der Waals surface area contributed by atoms with Gasteiger partial charge in [0.25, 0.3) is 0 Å². The van der Waals surface area contributed by atoms with E-state index in [1.54, 1.807) is 11.8 Å². The molecule has 2 amide bonds. The number of fused-ring (bicyclic) bond motifs is 1. The molecule has 122 valence electrons. The molecule has 3 rings (SSSR count). The Kier molecular flexibility index (Phi) is 4.81. The number of imide groups is 1. The number of hydrogen-bond acceptors (Lipinski definition) is 4. The van der Waals surface area contributed by atoms with Crippen molar-refractivity contribution < 1.29 is 9.59 Å². The van der Waals surface area contributed by atoms with Crippen molar-refractivity contribution in [3.63, 3.8) is 0 Å². The van der Waals surface area contributed by atoms with Gasteiger partial charge in [0, 0.05) is 36.0 Å². The van der Waals surface area contributed by atoms with Crippen LogP contribution in [0.5, 0.6) is 0 Å². The third kappa shape index (κ3) is 3.41. The highest BCUT2D eigenvalue weighted by Gasteiger charge is 2.27. The number of carbonyl (C=O) groups excluding carboxylic acids is 2. The minimum atomic E-state index is -0.373. The average Bonchev–Trinajstić information content (AvgIpc) is 2.59. The van der Waals surface area contributed by atoms with Crippen LogP contribution in [0.1, 0.15) is 36.6 Å². The van der Waals surface area contributed by atoms with Gasteiger partial charge in [-0.25, -0.2) is 0 Å². The van der Waals surface area contributed by atoms with Crippen LogP contribution >= 0.6 is 11.8 Å². The quantitative estimate of drug-likeness (QED) is 0.777. The average molecular weight is 338 g/mol. The zero-order valence-electron chi connectivity index (χ0n) is 13.6. The van der Waals surface area contributed by atoms with Crippen LogP contribution in [-0.4, -0.2) is 22.5 Å². The van der Waals surface area contributed by atoms with Gasteiger partial charge in [-0.15, -0.1) is 11.8 Å². The molecule has 0 radical (unpaired) electrons. The van der Waals surface area contributed by atoms with Gasteiger partial charge in [-0.2, -0.15) is 10.1 Å². The highest BCUT2D eigenvalue weighted by Crippen LogP contribution is 2.44. The van der Waals surface area contributed by atoms with Crippen LogP contribution in [0, 0.1) is 0 Å². The Bertz CT molecular complexity index is 788. The van der Waals surface area contributed by atoms with Crippen molar-refractivity contribution >= 4 is 29.3 Å². The van der Waals surface area contributed by atoms with Crippen molar-refractivity contribution in [3.05, 3.63) is 65.7 Å². The molecule has 1 aliphatic rings. The summed E-state index contributed by atoms with van der Waals surface area (Å²) < 4.78 is 0. The van der Waals surface area contributed by atoms with Gasteiger partial charge in [-0.3, -0.25) is 9.59 Å². The highest BCUT2D eigenvalue weighted by molar-refractivity contribution is 7.99. The van der Waals surface area contributed by atoms with Gasteiger partial charge in [0.1, 0.15) is 0 Å². The maximum atomic E-state index is 11.7. The Morgan fingerprint density at radius 2 is 1.62 bits per heavy atom. The summed E-state index contributed by atoms with van der Waals surface area (Å²) in [5.41, 5.74) is 2.97. The lowest BCUT2D eigenvalue weighted by Crippen LogP contribution is -2.30. The van der Waals surface area contributed by atoms with Gasteiger partial charge < -0.3 is 0 Å². The van der Waals surface area contributed by atoms with Gasteiger partial charge in [0.05, 0.1) is 5.71 Å². The van der Waals surface area contributed by atoms with Crippen LogP contribution in [0.2, 0.25) is 0 Å². The van der Waals surface area contributed by atoms with Gasteiger partial charge in [-0.1, -0.05) is 48.5 Å². The fourth-order valence-corrected chi connectivity index (χ4v) is 4.03. The van der Waals surface area contributed by atoms with Gasteiger partial charge in [0.2, 0.25) is 11.8 Å². The van der Waals surface area contributed by atoms with Crippen LogP contribution in [0.15, 0.2) is 64.6 Å². The first-order valence-electron chi connectivity index (χ1n) is 7.76. The standard InChI is InChI=1S/C19H18N2O2S/c1-13(22)21(14(2)23)20-17-12-19(15-8-4-3-5-9-15)24-18-11-7-6-10-16(17)18/h3-11,19H,12H2,1-2H3/b20-17+. The Morgan fingerprint density at radius 1 is 1.00 bits per heavy atom. The Labute approximate surface area is 145 Å². The maximum Gasteiger partial charge on any atom is 0.246 e. The molecular weight excluding hydrogens is 320 g/mol. The van der Waals surface area contributed by atoms with E-state index in [0.717, 1.165) is 21.2 Å². The van der Waals surface area contributed by atoms with E-state index in [1.165, 1.54) is 19.4 Å². The second-order valence-electron chi connectivity index (χ2n) is 5.61. The predicted octanol–water partition coefficient (Wildman–Crippen LogP) is 4.02. The molecule has 5 heteroatoms. The molecule has 0 bridgehead atoms. The third-order valence-electron chi connectivity index (χ3n) is 3.83. The first-order valence-corrected chi connectivity index (χ1v) is 8.64. The van der Waals surface area contributed by atoms with Crippen LogP contribution in [-0.2, 0) is 9.59 Å². The zero-order chi connectivity index (χ0) is 17.1. The lowest BCUT2D eigenvalue weighted by Gasteiger charge is -2.26. The van der Waals surface area contributed by atoms with Crippen LogP contribution in [0.4, 0.5) is 0 Å². The number of carbonyl (C=O) groups is 2. The van der Waals surface area contributed by atoms with Crippen LogP contribution < -0.4 is 0 Å². The molecule has 0 fully saturated rings. The van der Waals surface area contributed by atoms with E-state index < -0.39 is 0 Å². The third-order valence-corrected chi connectivity index (χ3v) is 5.17. The molecule has 0 saturated carbocycles. The van der Waals surface area contributed by atoms with E-state index in [1.807, 2.05) is 36.4 Å². The highest BCUT2D eigenvalue weighted by atomic mass is 32.2. The summed E-state index contributed by atoms with van der Waals surface area (Å²) >= 11 is 1.79. The maximum absolute atomic E-state index is 11.7. The Morgan fingerprint density at radius 3 is 2.29 bits per heavy atom. The fraction of sp³-hybridized carbons (Fsp3) is 0.211. The molecule has 4 nitrogen and oxygen atoms in total. The first-order chi connectivity index (χ1) is 11.6. The van der Waals surface area contributed by atoms with E-state index in [2.05, 4.69) is 23.3 Å². The number of rotatable bonds is 2. The number of benzene rings is 2. The van der Waals surface area contributed by atoms with Crippen molar-refractivity contribution in [3.8, 4) is 0 Å². The number of amides is 2. The molecule has 1 heterocycles. The number of hydrogen-bond donors (Lipinski definition) is 0. The van der Waals surface area contributed by atoms with Crippen LogP contribution in [0.3, 0.4) is 0 Å². The summed E-state index contributed by atoms with van der Waals surface area (Å²) in [6.45, 7) is 2.70. The van der Waals surface area contributed by atoms with E-state index in [-0.39, 0.29) is 17.1 Å². The topological polar surface area (TPSA) is 49.7 Å². The second kappa shape index (κ2) is 7.01. The molecule has 2 aromatic carbocycles. The molecule has 1 aliphatic heterocycles. The van der Waals surface area contributed by atoms with Crippen molar-refractivity contribution in [2.75, 3.05) is 0 Å². The van der Waals surface area contributed by atoms with E-state index in [9.17, 15) is 9.59 Å². The summed E-state index contributed by atoms with van der Waals surface area (Å²) in [7, 11) is 0. The molecule has 0 saturated heterocycles. The summed E-state index contributed by atoms with van der Waals surface area (Å²) in [6, 6.07) is 18.2. The largest absolute Gasteiger partial charge is 0.273 e. The normalized spacial score (nSPS) is 18.1. The first kappa shape index (κ1) is 16.5. The van der Waals surface area contributed by atoms with Crippen molar-refractivity contribution in [2.45, 2.75) is 30.4 Å². The molecule has 0 spiro atoms. The van der Waals surface area contributed by atoms with E-state index >= 15 is 0 Å². The molecule has 0 aromatic heterocycles. The van der Waals surface area contributed by atoms with Crippen molar-refractivity contribution in [1.82, 2.24) is 5.01 Å². The van der Waals surface area contributed by atoms with Crippen molar-refractivity contribution in [2.24, 2.45) is 5.10 Å². The molecule has 1 unspecified atom stereocenters. The minimum absolute atomic E-state index is 0.209. The van der Waals surface area contributed by atoms with Crippen molar-refractivity contribution in [1.29, 1.82) is 0 Å². The summed E-state index contributed by atoms with van der Waals surface area (Å²) in [6.07, 6.45) is 0.669. The molecule has 2 aromatic rings. The zero-order valence-corrected chi connectivity index (χ0v) is 14.4. The summed E-state index contributed by atoms with van der Waals surface area (Å²) in [5, 5.41) is 5.55. The molecule has 0 N–H and O–H groups in total. The van der Waals surface area contributed by atoms with Gasteiger partial charge in [0.15, 0.2) is 0 Å². The van der Waals surface area contributed by atoms with Gasteiger partial charge in [-0.05, 0) is 11.6 Å². The Balaban J connectivity index is 2.04. The smallest absolute Gasteiger partial charge is 0.246 e. The monoisotopic (exact) mass is 338 g/mol. The fourth-order valence-electron chi connectivity index (χ4n) is 2.72. The van der Waals surface area contributed by atoms with E-state index in [4.69, 9.17) is 0 Å². The number of thioether (sulfide) groups is 1. The number of nitrogens with zero attached hydrogens (tertiary/aromatic N) is 2. The molecule has 1 atom stereocenters. The lowest BCUT2D eigenvalue weighted by atomic mass is 10.0.